The summed E-state index contributed by atoms with van der Waals surface area (Å²) in [5.41, 5.74) is 4.00. The number of pyridine rings is 1. The van der Waals surface area contributed by atoms with Gasteiger partial charge in [0, 0.05) is 17.6 Å². The molecule has 3 nitrogen and oxygen atoms in total. The van der Waals surface area contributed by atoms with Crippen LogP contribution in [0.1, 0.15) is 50.3 Å². The van der Waals surface area contributed by atoms with Crippen molar-refractivity contribution in [3.8, 4) is 5.88 Å². The van der Waals surface area contributed by atoms with Crippen molar-refractivity contribution < 1.29 is 9.47 Å². The first kappa shape index (κ1) is 14.0. The maximum absolute atomic E-state index is 5.71. The van der Waals surface area contributed by atoms with E-state index in [2.05, 4.69) is 24.3 Å². The number of aromatic nitrogens is 1. The number of hydrogen-bond acceptors (Lipinski definition) is 3. The van der Waals surface area contributed by atoms with E-state index < -0.39 is 0 Å². The second-order valence-corrected chi connectivity index (χ2v) is 6.85. The van der Waals surface area contributed by atoms with Crippen LogP contribution in [0.4, 0.5) is 0 Å². The molecule has 3 fully saturated rings. The molecule has 3 aliphatic rings. The molecule has 1 heterocycles. The molecule has 0 N–H and O–H groups in total. The lowest BCUT2D eigenvalue weighted by Crippen LogP contribution is -2.55. The average molecular weight is 297 g/mol. The molecule has 0 radical (unpaired) electrons. The van der Waals surface area contributed by atoms with Crippen LogP contribution in [0.5, 0.6) is 5.88 Å². The second kappa shape index (κ2) is 4.95. The zero-order valence-electron chi connectivity index (χ0n) is 13.6. The van der Waals surface area contributed by atoms with Gasteiger partial charge in [0.1, 0.15) is 0 Å². The Kier molecular flexibility index (Phi) is 3.15. The van der Waals surface area contributed by atoms with E-state index in [1.165, 1.54) is 24.8 Å². The van der Waals surface area contributed by atoms with Crippen molar-refractivity contribution in [2.45, 2.75) is 44.6 Å². The van der Waals surface area contributed by atoms with Gasteiger partial charge in [0.15, 0.2) is 0 Å². The molecule has 1 unspecified atom stereocenters. The molecule has 0 saturated heterocycles. The quantitative estimate of drug-likeness (QED) is 0.820. The van der Waals surface area contributed by atoms with Crippen LogP contribution in [-0.2, 0) is 10.2 Å². The lowest BCUT2D eigenvalue weighted by atomic mass is 9.42. The van der Waals surface area contributed by atoms with Gasteiger partial charge in [-0.25, -0.2) is 4.98 Å². The fraction of sp³-hybridized carbons (Fsp3) is 0.526. The molecule has 1 aromatic carbocycles. The highest BCUT2D eigenvalue weighted by atomic mass is 16.5. The predicted molar refractivity (Wildman–Crippen MR) is 87.4 cm³/mol. The highest BCUT2D eigenvalue weighted by Crippen LogP contribution is 2.65. The van der Waals surface area contributed by atoms with Crippen LogP contribution in [0, 0.1) is 5.92 Å². The van der Waals surface area contributed by atoms with Gasteiger partial charge in [-0.2, -0.15) is 0 Å². The summed E-state index contributed by atoms with van der Waals surface area (Å²) in [4.78, 5) is 4.74. The normalized spacial score (nSPS) is 27.1. The molecule has 3 heteroatoms. The Balaban J connectivity index is 1.76. The predicted octanol–water partition coefficient (Wildman–Crippen LogP) is 4.39. The Morgan fingerprint density at radius 1 is 1.27 bits per heavy atom. The number of benzene rings is 1. The van der Waals surface area contributed by atoms with E-state index in [-0.39, 0.29) is 6.10 Å². The van der Waals surface area contributed by atoms with Gasteiger partial charge in [-0.1, -0.05) is 12.1 Å². The Labute approximate surface area is 131 Å². The van der Waals surface area contributed by atoms with E-state index in [9.17, 15) is 0 Å². The molecule has 116 valence electrons. The van der Waals surface area contributed by atoms with E-state index in [0.717, 1.165) is 22.4 Å². The van der Waals surface area contributed by atoms with Crippen molar-refractivity contribution in [1.29, 1.82) is 0 Å². The summed E-state index contributed by atoms with van der Waals surface area (Å²) in [6, 6.07) is 8.93. The summed E-state index contributed by atoms with van der Waals surface area (Å²) in [6.07, 6.45) is 4.10. The molecule has 5 rings (SSSR count). The minimum atomic E-state index is -0.00542. The molecular formula is C19H23NO2. The van der Waals surface area contributed by atoms with Crippen molar-refractivity contribution in [1.82, 2.24) is 4.98 Å². The summed E-state index contributed by atoms with van der Waals surface area (Å²) in [6.45, 7) is 4.74. The number of methoxy groups -OCH3 is 1. The van der Waals surface area contributed by atoms with Crippen molar-refractivity contribution >= 4 is 10.9 Å². The molecular weight excluding hydrogens is 274 g/mol. The van der Waals surface area contributed by atoms with Crippen LogP contribution < -0.4 is 4.74 Å². The van der Waals surface area contributed by atoms with E-state index in [0.29, 0.717) is 17.9 Å². The van der Waals surface area contributed by atoms with E-state index in [4.69, 9.17) is 14.5 Å². The van der Waals surface area contributed by atoms with Gasteiger partial charge in [-0.15, -0.1) is 0 Å². The van der Waals surface area contributed by atoms with Gasteiger partial charge >= 0.3 is 0 Å². The van der Waals surface area contributed by atoms with Crippen LogP contribution in [0.3, 0.4) is 0 Å². The lowest BCUT2D eigenvalue weighted by Gasteiger charge is -2.62. The van der Waals surface area contributed by atoms with Crippen LogP contribution in [-0.4, -0.2) is 18.7 Å². The minimum Gasteiger partial charge on any atom is -0.481 e. The van der Waals surface area contributed by atoms with Gasteiger partial charge in [0.25, 0.3) is 0 Å². The largest absolute Gasteiger partial charge is 0.481 e. The van der Waals surface area contributed by atoms with Crippen LogP contribution in [0.25, 0.3) is 10.9 Å². The lowest BCUT2D eigenvalue weighted by molar-refractivity contribution is -0.0273. The first-order chi connectivity index (χ1) is 10.6. The molecule has 0 amide bonds. The summed E-state index contributed by atoms with van der Waals surface area (Å²) in [5.74, 6) is 1.68. The maximum Gasteiger partial charge on any atom is 0.219 e. The molecule has 1 atom stereocenters. The summed E-state index contributed by atoms with van der Waals surface area (Å²) in [5, 5.41) is 1.16. The molecule has 0 spiro atoms. The third kappa shape index (κ3) is 1.95. The highest BCUT2D eigenvalue weighted by molar-refractivity contribution is 5.81. The minimum absolute atomic E-state index is 0.00542. The van der Waals surface area contributed by atoms with Gasteiger partial charge in [-0.3, -0.25) is 0 Å². The van der Waals surface area contributed by atoms with Gasteiger partial charge in [-0.05, 0) is 62.1 Å². The standard InChI is InChI=1S/C19H23NO2/c1-4-22-12(2)16-7-14-5-6-15(19-9-13(10-19)11-19)8-17(14)20-18(16)21-3/h5-8,12-13H,4,9-11H2,1-3H3. The number of hydrogen-bond donors (Lipinski definition) is 0. The maximum atomic E-state index is 5.71. The molecule has 2 aromatic rings. The highest BCUT2D eigenvalue weighted by Gasteiger charge is 2.57. The molecule has 0 aliphatic heterocycles. The summed E-state index contributed by atoms with van der Waals surface area (Å²) < 4.78 is 11.2. The van der Waals surface area contributed by atoms with Gasteiger partial charge < -0.3 is 9.47 Å². The fourth-order valence-corrected chi connectivity index (χ4v) is 4.12. The van der Waals surface area contributed by atoms with Crippen molar-refractivity contribution in [3.63, 3.8) is 0 Å². The Bertz CT molecular complexity index is 708. The van der Waals surface area contributed by atoms with E-state index >= 15 is 0 Å². The number of rotatable bonds is 5. The molecule has 3 saturated carbocycles. The van der Waals surface area contributed by atoms with Gasteiger partial charge in [0.2, 0.25) is 5.88 Å². The summed E-state index contributed by atoms with van der Waals surface area (Å²) >= 11 is 0. The van der Waals surface area contributed by atoms with E-state index in [1.807, 2.05) is 13.8 Å². The third-order valence-corrected chi connectivity index (χ3v) is 5.51. The SMILES string of the molecule is CCOC(C)c1cc2ccc(C34CC(C3)C4)cc2nc1OC. The van der Waals surface area contributed by atoms with Crippen molar-refractivity contribution in [2.24, 2.45) is 5.92 Å². The zero-order chi connectivity index (χ0) is 15.3. The Morgan fingerprint density at radius 3 is 2.64 bits per heavy atom. The molecule has 1 aromatic heterocycles. The first-order valence-corrected chi connectivity index (χ1v) is 8.26. The topological polar surface area (TPSA) is 31.4 Å². The second-order valence-electron chi connectivity index (χ2n) is 6.85. The number of fused-ring (bicyclic) bond motifs is 1. The smallest absolute Gasteiger partial charge is 0.219 e. The van der Waals surface area contributed by atoms with Crippen molar-refractivity contribution in [3.05, 3.63) is 35.4 Å². The van der Waals surface area contributed by atoms with E-state index in [1.54, 1.807) is 7.11 Å². The first-order valence-electron chi connectivity index (χ1n) is 8.26. The molecule has 22 heavy (non-hydrogen) atoms. The van der Waals surface area contributed by atoms with Crippen LogP contribution in [0.2, 0.25) is 0 Å². The average Bonchev–Trinajstić information content (AvgIpc) is 2.42. The third-order valence-electron chi connectivity index (χ3n) is 5.51. The Morgan fingerprint density at radius 2 is 2.05 bits per heavy atom. The monoisotopic (exact) mass is 297 g/mol. The van der Waals surface area contributed by atoms with Crippen LogP contribution in [0.15, 0.2) is 24.3 Å². The summed E-state index contributed by atoms with van der Waals surface area (Å²) in [7, 11) is 1.68. The van der Waals surface area contributed by atoms with Gasteiger partial charge in [0.05, 0.1) is 18.7 Å². The van der Waals surface area contributed by atoms with Crippen molar-refractivity contribution in [2.75, 3.05) is 13.7 Å². The number of nitrogens with zero attached hydrogens (tertiary/aromatic N) is 1. The van der Waals surface area contributed by atoms with Crippen LogP contribution >= 0.6 is 0 Å². The Hall–Kier alpha value is -1.61. The molecule has 2 bridgehead atoms. The zero-order valence-corrected chi connectivity index (χ0v) is 13.6. The fourth-order valence-electron chi connectivity index (χ4n) is 4.12. The molecule has 3 aliphatic carbocycles. The number of ether oxygens (including phenoxy) is 2.